The van der Waals surface area contributed by atoms with E-state index in [0.29, 0.717) is 13.1 Å². The van der Waals surface area contributed by atoms with E-state index < -0.39 is 45.6 Å². The number of rotatable bonds is 7. The molecule has 3 heterocycles. The van der Waals surface area contributed by atoms with Crippen molar-refractivity contribution in [3.8, 4) is 0 Å². The molecule has 0 bridgehead atoms. The van der Waals surface area contributed by atoms with E-state index in [-0.39, 0.29) is 78.2 Å². The van der Waals surface area contributed by atoms with Crippen molar-refractivity contribution in [2.75, 3.05) is 44.2 Å². The quantitative estimate of drug-likeness (QED) is 0.289. The predicted molar refractivity (Wildman–Crippen MR) is 150 cm³/mol. The van der Waals surface area contributed by atoms with Crippen molar-refractivity contribution in [1.29, 1.82) is 0 Å². The number of allylic oxidation sites excluding steroid dienone is 3. The molecule has 1 aromatic rings. The van der Waals surface area contributed by atoms with Gasteiger partial charge in [0.1, 0.15) is 0 Å². The fraction of sp³-hybridized carbons (Fsp3) is 0.600. The molecule has 3 aliphatic rings. The number of nitrogens with zero attached hydrogens (tertiary/aromatic N) is 5. The highest BCUT2D eigenvalue weighted by Gasteiger charge is 2.71. The second-order valence-electron chi connectivity index (χ2n) is 11.0. The van der Waals surface area contributed by atoms with E-state index in [1.54, 1.807) is 6.08 Å². The molecule has 44 heavy (non-hydrogen) atoms. The maximum atomic E-state index is 13.7. The van der Waals surface area contributed by atoms with Gasteiger partial charge < -0.3 is 21.1 Å². The topological polar surface area (TPSA) is 145 Å². The number of amides is 1. The summed E-state index contributed by atoms with van der Waals surface area (Å²) in [6, 6.07) is -1.39. The fourth-order valence-electron chi connectivity index (χ4n) is 5.50. The number of nitrogens with one attached hydrogen (secondary N) is 1. The van der Waals surface area contributed by atoms with Gasteiger partial charge in [-0.2, -0.15) is 30.6 Å². The van der Waals surface area contributed by atoms with Crippen molar-refractivity contribution in [3.05, 3.63) is 40.7 Å². The second kappa shape index (κ2) is 12.1. The zero-order valence-electron chi connectivity index (χ0n) is 23.6. The number of hydrogen-bond acceptors (Lipinski definition) is 10. The standard InChI is InChI=1S/C25H31F6N7O4S2/c1-14(2)20-21(39)33-5-6-36(20)12-17-13-37(44(41,42)19-9-16(32)3-4-18(19)43)7-8-38(17)22-34-10-15(11-35-22)23(40,24(26,27)28)25(29,30)31/h3,9-11,14,17,20,40H,4-8,12-13,32H2,1-2H3,(H,33,39)/t17-,20-/m0/s1. The first-order valence-electron chi connectivity index (χ1n) is 13.5. The Morgan fingerprint density at radius 3 is 2.30 bits per heavy atom. The van der Waals surface area contributed by atoms with Crippen LogP contribution in [0, 0.1) is 5.92 Å². The molecule has 11 nitrogen and oxygen atoms in total. The van der Waals surface area contributed by atoms with Crippen LogP contribution in [-0.4, -0.2) is 107 Å². The van der Waals surface area contributed by atoms with Crippen LogP contribution in [0.15, 0.2) is 35.1 Å². The summed E-state index contributed by atoms with van der Waals surface area (Å²) in [6.45, 7) is 3.98. The average Bonchev–Trinajstić information content (AvgIpc) is 2.92. The minimum absolute atomic E-state index is 0.0774. The zero-order valence-corrected chi connectivity index (χ0v) is 25.2. The van der Waals surface area contributed by atoms with E-state index >= 15 is 0 Å². The van der Waals surface area contributed by atoms with Crippen LogP contribution in [0.2, 0.25) is 0 Å². The summed E-state index contributed by atoms with van der Waals surface area (Å²) in [4.78, 5) is 23.5. The zero-order chi connectivity index (χ0) is 32.8. The lowest BCUT2D eigenvalue weighted by Gasteiger charge is -2.45. The highest BCUT2D eigenvalue weighted by molar-refractivity contribution is 7.96. The van der Waals surface area contributed by atoms with Crippen LogP contribution in [0.4, 0.5) is 32.3 Å². The molecule has 19 heteroatoms. The minimum atomic E-state index is -6.12. The van der Waals surface area contributed by atoms with Crippen molar-refractivity contribution in [2.45, 2.75) is 50.3 Å². The third kappa shape index (κ3) is 6.29. The summed E-state index contributed by atoms with van der Waals surface area (Å²) in [5.41, 5.74) is -0.789. The molecule has 2 atom stereocenters. The molecule has 0 radical (unpaired) electrons. The summed E-state index contributed by atoms with van der Waals surface area (Å²) in [7, 11) is -4.16. The minimum Gasteiger partial charge on any atom is -0.399 e. The van der Waals surface area contributed by atoms with Crippen molar-refractivity contribution >= 4 is 39.0 Å². The van der Waals surface area contributed by atoms with Gasteiger partial charge in [-0.15, -0.1) is 0 Å². The maximum absolute atomic E-state index is 13.7. The van der Waals surface area contributed by atoms with Crippen LogP contribution in [0.3, 0.4) is 0 Å². The largest absolute Gasteiger partial charge is 0.430 e. The van der Waals surface area contributed by atoms with Gasteiger partial charge in [-0.1, -0.05) is 32.1 Å². The molecule has 0 aromatic carbocycles. The second-order valence-corrected chi connectivity index (χ2v) is 13.4. The molecule has 0 unspecified atom stereocenters. The first-order chi connectivity index (χ1) is 20.3. The predicted octanol–water partition coefficient (Wildman–Crippen LogP) is 1.57. The Morgan fingerprint density at radius 2 is 1.73 bits per heavy atom. The van der Waals surface area contributed by atoms with Gasteiger partial charge in [0.25, 0.3) is 5.60 Å². The summed E-state index contributed by atoms with van der Waals surface area (Å²) in [6.07, 6.45) is -8.76. The van der Waals surface area contributed by atoms with Gasteiger partial charge in [0, 0.05) is 74.2 Å². The molecular formula is C25H31F6N7O4S2. The van der Waals surface area contributed by atoms with Gasteiger partial charge in [-0.3, -0.25) is 9.69 Å². The third-order valence-corrected chi connectivity index (χ3v) is 10.2. The number of alkyl halides is 6. The smallest absolute Gasteiger partial charge is 0.399 e. The van der Waals surface area contributed by atoms with Gasteiger partial charge in [0.2, 0.25) is 21.9 Å². The Morgan fingerprint density at radius 1 is 1.11 bits per heavy atom. The van der Waals surface area contributed by atoms with E-state index in [1.807, 2.05) is 18.7 Å². The number of sulfonamides is 1. The Hall–Kier alpha value is -2.87. The molecule has 1 aliphatic carbocycles. The van der Waals surface area contributed by atoms with Crippen LogP contribution in [0.5, 0.6) is 0 Å². The summed E-state index contributed by atoms with van der Waals surface area (Å²) < 4.78 is 109. The first kappa shape index (κ1) is 34.0. The molecule has 244 valence electrons. The fourth-order valence-corrected chi connectivity index (χ4v) is 7.58. The Bertz CT molecular complexity index is 1430. The summed E-state index contributed by atoms with van der Waals surface area (Å²) in [5, 5.41) is 12.5. The van der Waals surface area contributed by atoms with Gasteiger partial charge in [0.15, 0.2) is 0 Å². The molecular weight excluding hydrogens is 640 g/mol. The maximum Gasteiger partial charge on any atom is 0.430 e. The third-order valence-electron chi connectivity index (χ3n) is 7.73. The number of anilines is 1. The van der Waals surface area contributed by atoms with Crippen LogP contribution >= 0.6 is 12.2 Å². The number of carbonyl (C=O) groups is 1. The van der Waals surface area contributed by atoms with E-state index in [9.17, 15) is 44.7 Å². The number of aliphatic hydroxyl groups is 1. The number of piperazine rings is 2. The van der Waals surface area contributed by atoms with Crippen LogP contribution in [0.1, 0.15) is 25.8 Å². The SMILES string of the molecule is CC(C)[C@H]1C(=O)NCCN1C[C@H]1CN(S(=O)(=O)C2=CC(N)=CCC2=S)CCN1c1ncc(C(O)(C(F)(F)F)C(F)(F)F)cn1. The number of aromatic nitrogens is 2. The normalized spacial score (nSPS) is 23.5. The number of hydrogen-bond donors (Lipinski definition) is 3. The van der Waals surface area contributed by atoms with Crippen LogP contribution < -0.4 is 16.0 Å². The molecule has 4 N–H and O–H groups in total. The molecule has 1 aromatic heterocycles. The molecule has 2 saturated heterocycles. The Balaban J connectivity index is 1.70. The van der Waals surface area contributed by atoms with Crippen molar-refractivity contribution in [2.24, 2.45) is 11.7 Å². The Kier molecular flexibility index (Phi) is 9.39. The molecule has 0 saturated carbocycles. The number of thiocarbonyl (C=S) groups is 1. The average molecular weight is 672 g/mol. The van der Waals surface area contributed by atoms with Gasteiger partial charge >= 0.3 is 12.4 Å². The molecule has 1 amide bonds. The van der Waals surface area contributed by atoms with Crippen LogP contribution in [-0.2, 0) is 20.4 Å². The highest BCUT2D eigenvalue weighted by Crippen LogP contribution is 2.49. The summed E-state index contributed by atoms with van der Waals surface area (Å²) in [5.74, 6) is -0.675. The van der Waals surface area contributed by atoms with Crippen molar-refractivity contribution < 1.29 is 44.7 Å². The van der Waals surface area contributed by atoms with Gasteiger partial charge in [-0.25, -0.2) is 18.4 Å². The lowest BCUT2D eigenvalue weighted by atomic mass is 9.95. The van der Waals surface area contributed by atoms with Crippen molar-refractivity contribution in [3.63, 3.8) is 0 Å². The molecule has 2 fully saturated rings. The lowest BCUT2D eigenvalue weighted by Crippen LogP contribution is -2.64. The molecule has 2 aliphatic heterocycles. The van der Waals surface area contributed by atoms with Gasteiger partial charge in [0.05, 0.1) is 17.0 Å². The molecule has 4 rings (SSSR count). The lowest BCUT2D eigenvalue weighted by molar-refractivity contribution is -0.376. The number of carbonyl (C=O) groups excluding carboxylic acids is 1. The van der Waals surface area contributed by atoms with Crippen LogP contribution in [0.25, 0.3) is 0 Å². The monoisotopic (exact) mass is 671 g/mol. The van der Waals surface area contributed by atoms with Gasteiger partial charge in [-0.05, 0) is 12.0 Å². The number of nitrogens with two attached hydrogens (primary N) is 1. The van der Waals surface area contributed by atoms with E-state index in [1.165, 1.54) is 15.3 Å². The van der Waals surface area contributed by atoms with E-state index in [2.05, 4.69) is 15.3 Å². The number of halogens is 6. The highest BCUT2D eigenvalue weighted by atomic mass is 32.2. The Labute approximate surface area is 254 Å². The van der Waals surface area contributed by atoms with E-state index in [4.69, 9.17) is 18.0 Å². The van der Waals surface area contributed by atoms with E-state index in [0.717, 1.165) is 0 Å². The first-order valence-corrected chi connectivity index (χ1v) is 15.3. The van der Waals surface area contributed by atoms with Crippen molar-refractivity contribution in [1.82, 2.24) is 24.5 Å². The molecule has 0 spiro atoms. The summed E-state index contributed by atoms with van der Waals surface area (Å²) >= 11 is 5.27.